The number of rotatable bonds is 6. The number of hydrogen-bond donors (Lipinski definition) is 1. The fourth-order valence-electron chi connectivity index (χ4n) is 3.99. The van der Waals surface area contributed by atoms with Crippen molar-refractivity contribution >= 4 is 17.8 Å². The quantitative estimate of drug-likeness (QED) is 0.627. The van der Waals surface area contributed by atoms with Crippen molar-refractivity contribution < 1.29 is 27.9 Å². The van der Waals surface area contributed by atoms with Crippen LogP contribution in [0, 0.1) is 17.6 Å². The molecule has 0 aromatic heterocycles. The van der Waals surface area contributed by atoms with E-state index in [9.17, 15) is 23.2 Å². The highest BCUT2D eigenvalue weighted by Crippen LogP contribution is 2.24. The van der Waals surface area contributed by atoms with Gasteiger partial charge in [0.1, 0.15) is 23.3 Å². The summed E-state index contributed by atoms with van der Waals surface area (Å²) in [6, 6.07) is 11.3. The second-order valence-corrected chi connectivity index (χ2v) is 9.48. The number of ketones is 1. The Morgan fingerprint density at radius 3 is 2.32 bits per heavy atom. The summed E-state index contributed by atoms with van der Waals surface area (Å²) >= 11 is 0. The molecule has 182 valence electrons. The molecule has 0 radical (unpaired) electrons. The Bertz CT molecular complexity index is 1030. The van der Waals surface area contributed by atoms with E-state index in [0.29, 0.717) is 12.8 Å². The van der Waals surface area contributed by atoms with E-state index < -0.39 is 41.1 Å². The fraction of sp³-hybridized carbons (Fsp3) is 0.423. The second kappa shape index (κ2) is 10.8. The van der Waals surface area contributed by atoms with Crippen LogP contribution in [0.4, 0.5) is 13.6 Å². The zero-order chi connectivity index (χ0) is 24.9. The number of likely N-dealkylation sites (tertiary alicyclic amines) is 1. The van der Waals surface area contributed by atoms with Crippen LogP contribution in [0.5, 0.6) is 0 Å². The van der Waals surface area contributed by atoms with E-state index in [1.165, 1.54) is 0 Å². The monoisotopic (exact) mass is 472 g/mol. The molecule has 8 heteroatoms. The number of halogens is 2. The smallest absolute Gasteiger partial charge is 0.408 e. The molecule has 1 fully saturated rings. The van der Waals surface area contributed by atoms with Gasteiger partial charge in [0, 0.05) is 25.4 Å². The van der Waals surface area contributed by atoms with Crippen molar-refractivity contribution in [3.05, 3.63) is 71.3 Å². The first-order valence-corrected chi connectivity index (χ1v) is 11.3. The number of piperidine rings is 1. The molecule has 0 spiro atoms. The van der Waals surface area contributed by atoms with Crippen LogP contribution in [0.1, 0.15) is 49.5 Å². The topological polar surface area (TPSA) is 75.7 Å². The maximum Gasteiger partial charge on any atom is 0.408 e. The molecule has 1 heterocycles. The number of carbonyl (C=O) groups is 3. The molecule has 2 amide bonds. The summed E-state index contributed by atoms with van der Waals surface area (Å²) in [5, 5.41) is 2.68. The van der Waals surface area contributed by atoms with Crippen molar-refractivity contribution in [2.75, 3.05) is 13.1 Å². The van der Waals surface area contributed by atoms with E-state index in [0.717, 1.165) is 23.8 Å². The van der Waals surface area contributed by atoms with Crippen LogP contribution in [0.3, 0.4) is 0 Å². The lowest BCUT2D eigenvalue weighted by molar-refractivity contribution is -0.134. The number of nitrogens with zero attached hydrogens (tertiary/aromatic N) is 1. The average Bonchev–Trinajstić information content (AvgIpc) is 2.79. The van der Waals surface area contributed by atoms with Gasteiger partial charge in [-0.2, -0.15) is 0 Å². The van der Waals surface area contributed by atoms with Gasteiger partial charge >= 0.3 is 6.09 Å². The second-order valence-electron chi connectivity index (χ2n) is 9.48. The highest BCUT2D eigenvalue weighted by Gasteiger charge is 2.33. The first kappa shape index (κ1) is 25.3. The van der Waals surface area contributed by atoms with Crippen LogP contribution in [0.15, 0.2) is 48.5 Å². The van der Waals surface area contributed by atoms with Gasteiger partial charge < -0.3 is 15.0 Å². The number of nitrogens with one attached hydrogen (secondary N) is 1. The summed E-state index contributed by atoms with van der Waals surface area (Å²) in [4.78, 5) is 40.0. The minimum absolute atomic E-state index is 0.265. The van der Waals surface area contributed by atoms with Crippen molar-refractivity contribution in [1.29, 1.82) is 0 Å². The summed E-state index contributed by atoms with van der Waals surface area (Å²) in [6.45, 7) is 5.76. The van der Waals surface area contributed by atoms with Crippen molar-refractivity contribution in [2.24, 2.45) is 5.92 Å². The van der Waals surface area contributed by atoms with Crippen LogP contribution >= 0.6 is 0 Å². The maximum absolute atomic E-state index is 14.0. The highest BCUT2D eigenvalue weighted by molar-refractivity contribution is 5.98. The normalized spacial score (nSPS) is 15.5. The predicted octanol–water partition coefficient (Wildman–Crippen LogP) is 4.52. The van der Waals surface area contributed by atoms with Crippen molar-refractivity contribution in [2.45, 2.75) is 51.7 Å². The third-order valence-corrected chi connectivity index (χ3v) is 5.64. The molecule has 1 saturated heterocycles. The molecule has 1 atom stereocenters. The van der Waals surface area contributed by atoms with Gasteiger partial charge in [0.05, 0.1) is 5.56 Å². The molecule has 0 bridgehead atoms. The van der Waals surface area contributed by atoms with Gasteiger partial charge in [0.15, 0.2) is 5.78 Å². The summed E-state index contributed by atoms with van der Waals surface area (Å²) in [6.07, 6.45) is 0.246. The molecule has 1 N–H and O–H groups in total. The standard InChI is InChI=1S/C26H30F2N2O4/c1-26(2,3)34-25(33)29-22(15-17-7-5-4-6-8-17)24(32)30-13-11-18(12-14-30)23(31)20-16-19(27)9-10-21(20)28/h4-10,16,18,22H,11-15H2,1-3H3,(H,29,33). The largest absolute Gasteiger partial charge is 0.444 e. The van der Waals surface area contributed by atoms with Gasteiger partial charge in [-0.25, -0.2) is 13.6 Å². The SMILES string of the molecule is CC(C)(C)OC(=O)NC(Cc1ccccc1)C(=O)N1CCC(C(=O)c2cc(F)ccc2F)CC1. The van der Waals surface area contributed by atoms with E-state index in [1.807, 2.05) is 30.3 Å². The van der Waals surface area contributed by atoms with Gasteiger partial charge in [-0.1, -0.05) is 30.3 Å². The lowest BCUT2D eigenvalue weighted by Crippen LogP contribution is -2.52. The molecule has 0 aliphatic carbocycles. The lowest BCUT2D eigenvalue weighted by Gasteiger charge is -2.34. The number of amides is 2. The summed E-state index contributed by atoms with van der Waals surface area (Å²) in [5.41, 5.74) is -0.100. The predicted molar refractivity (Wildman–Crippen MR) is 123 cm³/mol. The molecule has 1 aliphatic rings. The summed E-state index contributed by atoms with van der Waals surface area (Å²) in [7, 11) is 0. The third-order valence-electron chi connectivity index (χ3n) is 5.64. The first-order chi connectivity index (χ1) is 16.0. The van der Waals surface area contributed by atoms with Crippen LogP contribution in [-0.4, -0.2) is 47.4 Å². The fourth-order valence-corrected chi connectivity index (χ4v) is 3.99. The number of Topliss-reactive ketones (excluding diaryl/α,β-unsaturated/α-hetero) is 1. The maximum atomic E-state index is 14.0. The zero-order valence-electron chi connectivity index (χ0n) is 19.6. The van der Waals surface area contributed by atoms with Crippen LogP contribution < -0.4 is 5.32 Å². The Balaban J connectivity index is 1.67. The minimum atomic E-state index is -0.842. The number of alkyl carbamates (subject to hydrolysis) is 1. The number of carbonyl (C=O) groups excluding carboxylic acids is 3. The van der Waals surface area contributed by atoms with E-state index >= 15 is 0 Å². The van der Waals surface area contributed by atoms with Crippen LogP contribution in [0.25, 0.3) is 0 Å². The summed E-state index contributed by atoms with van der Waals surface area (Å²) < 4.78 is 32.9. The average molecular weight is 473 g/mol. The molecule has 2 aromatic carbocycles. The highest BCUT2D eigenvalue weighted by atomic mass is 19.1. The molecule has 1 aliphatic heterocycles. The molecule has 1 unspecified atom stereocenters. The van der Waals surface area contributed by atoms with Crippen molar-refractivity contribution in [3.63, 3.8) is 0 Å². The Morgan fingerprint density at radius 1 is 1.06 bits per heavy atom. The third kappa shape index (κ3) is 6.85. The molecule has 3 rings (SSSR count). The van der Waals surface area contributed by atoms with Gasteiger partial charge in [0.2, 0.25) is 5.91 Å². The zero-order valence-corrected chi connectivity index (χ0v) is 19.6. The van der Waals surface area contributed by atoms with Gasteiger partial charge in [-0.05, 0) is 57.4 Å². The van der Waals surface area contributed by atoms with Crippen LogP contribution in [0.2, 0.25) is 0 Å². The first-order valence-electron chi connectivity index (χ1n) is 11.3. The lowest BCUT2D eigenvalue weighted by atomic mass is 9.88. The molecule has 6 nitrogen and oxygen atoms in total. The number of benzene rings is 2. The van der Waals surface area contributed by atoms with Gasteiger partial charge in [-0.3, -0.25) is 9.59 Å². The van der Waals surface area contributed by atoms with E-state index in [4.69, 9.17) is 4.74 Å². The van der Waals surface area contributed by atoms with Gasteiger partial charge in [-0.15, -0.1) is 0 Å². The van der Waals surface area contributed by atoms with E-state index in [1.54, 1.807) is 25.7 Å². The molecule has 0 saturated carbocycles. The Kier molecular flexibility index (Phi) is 8.02. The molecular formula is C26H30F2N2O4. The summed E-state index contributed by atoms with van der Waals surface area (Å²) in [5.74, 6) is -2.68. The molecular weight excluding hydrogens is 442 g/mol. The van der Waals surface area contributed by atoms with Crippen molar-refractivity contribution in [1.82, 2.24) is 10.2 Å². The Hall–Kier alpha value is -3.29. The Morgan fingerprint density at radius 2 is 1.71 bits per heavy atom. The van der Waals surface area contributed by atoms with Gasteiger partial charge in [0.25, 0.3) is 0 Å². The van der Waals surface area contributed by atoms with Crippen molar-refractivity contribution in [3.8, 4) is 0 Å². The van der Waals surface area contributed by atoms with E-state index in [2.05, 4.69) is 5.32 Å². The minimum Gasteiger partial charge on any atom is -0.444 e. The molecule has 2 aromatic rings. The van der Waals surface area contributed by atoms with E-state index in [-0.39, 0.29) is 31.0 Å². The Labute approximate surface area is 198 Å². The number of hydrogen-bond acceptors (Lipinski definition) is 4. The number of ether oxygens (including phenoxy) is 1. The molecule has 34 heavy (non-hydrogen) atoms. The van der Waals surface area contributed by atoms with Crippen LogP contribution in [-0.2, 0) is 16.0 Å².